The van der Waals surface area contributed by atoms with Gasteiger partial charge in [-0.2, -0.15) is 13.2 Å². The second-order valence-corrected chi connectivity index (χ2v) is 4.61. The highest BCUT2D eigenvalue weighted by Gasteiger charge is 2.30. The first kappa shape index (κ1) is 15.0. The van der Waals surface area contributed by atoms with Crippen molar-refractivity contribution in [2.45, 2.75) is 39.3 Å². The molecule has 1 atom stereocenters. The van der Waals surface area contributed by atoms with Gasteiger partial charge >= 0.3 is 6.18 Å². The van der Waals surface area contributed by atoms with Crippen LogP contribution in [0.3, 0.4) is 0 Å². The van der Waals surface area contributed by atoms with Crippen LogP contribution in [0.2, 0.25) is 0 Å². The molecule has 4 heteroatoms. The van der Waals surface area contributed by atoms with E-state index in [0.29, 0.717) is 5.56 Å². The zero-order valence-corrected chi connectivity index (χ0v) is 11.1. The molecule has 0 aromatic heterocycles. The lowest BCUT2D eigenvalue weighted by molar-refractivity contribution is -0.137. The van der Waals surface area contributed by atoms with Crippen LogP contribution in [0.5, 0.6) is 0 Å². The molecule has 0 saturated carbocycles. The van der Waals surface area contributed by atoms with Crippen molar-refractivity contribution >= 4 is 0 Å². The molecule has 1 rings (SSSR count). The Morgan fingerprint density at radius 1 is 1.28 bits per heavy atom. The summed E-state index contributed by atoms with van der Waals surface area (Å²) in [6, 6.07) is 4.01. The Morgan fingerprint density at radius 3 is 2.44 bits per heavy atom. The maximum atomic E-state index is 12.5. The third-order valence-electron chi connectivity index (χ3n) is 3.13. The van der Waals surface area contributed by atoms with E-state index in [0.717, 1.165) is 25.1 Å². The molecule has 1 aromatic carbocycles. The van der Waals surface area contributed by atoms with E-state index in [4.69, 9.17) is 0 Å². The largest absolute Gasteiger partial charge is 0.416 e. The van der Waals surface area contributed by atoms with E-state index in [1.54, 1.807) is 13.0 Å². The zero-order chi connectivity index (χ0) is 13.8. The fraction of sp³-hybridized carbons (Fsp3) is 0.571. The number of benzene rings is 1. The highest BCUT2D eigenvalue weighted by atomic mass is 19.4. The quantitative estimate of drug-likeness (QED) is 0.784. The number of halogens is 3. The highest BCUT2D eigenvalue weighted by molar-refractivity contribution is 5.34. The van der Waals surface area contributed by atoms with Crippen LogP contribution < -0.4 is 5.32 Å². The predicted octanol–water partition coefficient (Wildman–Crippen LogP) is 4.12. The molecule has 0 fully saturated rings. The van der Waals surface area contributed by atoms with E-state index in [-0.39, 0.29) is 5.92 Å². The number of aryl methyl sites for hydroxylation is 1. The number of alkyl halides is 3. The first-order chi connectivity index (χ1) is 8.36. The normalized spacial score (nSPS) is 13.7. The standard InChI is InChI=1S/C14H20F3N/c1-4-18-8-7-10(2)13-6-5-12(9-11(13)3)14(15,16)17/h5-6,9-10,18H,4,7-8H2,1-3H3. The van der Waals surface area contributed by atoms with Crippen molar-refractivity contribution in [3.05, 3.63) is 34.9 Å². The van der Waals surface area contributed by atoms with Crippen LogP contribution >= 0.6 is 0 Å². The van der Waals surface area contributed by atoms with Crippen molar-refractivity contribution in [2.24, 2.45) is 0 Å². The molecule has 0 spiro atoms. The summed E-state index contributed by atoms with van der Waals surface area (Å²) < 4.78 is 37.6. The van der Waals surface area contributed by atoms with Gasteiger partial charge in [-0.05, 0) is 55.6 Å². The minimum Gasteiger partial charge on any atom is -0.317 e. The summed E-state index contributed by atoms with van der Waals surface area (Å²) in [6.07, 6.45) is -3.32. The van der Waals surface area contributed by atoms with Crippen molar-refractivity contribution in [1.82, 2.24) is 5.32 Å². The highest BCUT2D eigenvalue weighted by Crippen LogP contribution is 2.32. The lowest BCUT2D eigenvalue weighted by Crippen LogP contribution is -2.16. The molecule has 18 heavy (non-hydrogen) atoms. The Morgan fingerprint density at radius 2 is 1.94 bits per heavy atom. The lowest BCUT2D eigenvalue weighted by Gasteiger charge is -2.16. The summed E-state index contributed by atoms with van der Waals surface area (Å²) in [7, 11) is 0. The van der Waals surface area contributed by atoms with Gasteiger partial charge in [0.2, 0.25) is 0 Å². The molecule has 0 saturated heterocycles. The first-order valence-electron chi connectivity index (χ1n) is 6.24. The summed E-state index contributed by atoms with van der Waals surface area (Å²) in [5.74, 6) is 0.270. The van der Waals surface area contributed by atoms with E-state index in [2.05, 4.69) is 5.32 Å². The van der Waals surface area contributed by atoms with E-state index < -0.39 is 11.7 Å². The number of nitrogens with one attached hydrogen (secondary N) is 1. The molecule has 1 N–H and O–H groups in total. The van der Waals surface area contributed by atoms with Crippen LogP contribution in [-0.4, -0.2) is 13.1 Å². The number of rotatable bonds is 5. The molecule has 102 valence electrons. The van der Waals surface area contributed by atoms with Crippen LogP contribution in [0.4, 0.5) is 13.2 Å². The van der Waals surface area contributed by atoms with E-state index in [1.807, 2.05) is 13.8 Å². The Labute approximate surface area is 106 Å². The summed E-state index contributed by atoms with van der Waals surface area (Å²) in [6.45, 7) is 7.63. The van der Waals surface area contributed by atoms with Gasteiger partial charge in [0.15, 0.2) is 0 Å². The summed E-state index contributed by atoms with van der Waals surface area (Å²) in [5, 5.41) is 3.22. The van der Waals surface area contributed by atoms with Gasteiger partial charge in [-0.3, -0.25) is 0 Å². The van der Waals surface area contributed by atoms with Crippen LogP contribution in [0, 0.1) is 6.92 Å². The van der Waals surface area contributed by atoms with Gasteiger partial charge in [0.25, 0.3) is 0 Å². The zero-order valence-electron chi connectivity index (χ0n) is 11.1. The van der Waals surface area contributed by atoms with Crippen molar-refractivity contribution in [3.8, 4) is 0 Å². The maximum absolute atomic E-state index is 12.5. The molecule has 0 aliphatic rings. The van der Waals surface area contributed by atoms with E-state index in [9.17, 15) is 13.2 Å². The third kappa shape index (κ3) is 4.02. The molecular formula is C14H20F3N. The third-order valence-corrected chi connectivity index (χ3v) is 3.13. The minimum absolute atomic E-state index is 0.270. The van der Waals surface area contributed by atoms with Gasteiger partial charge in [0.05, 0.1) is 5.56 Å². The van der Waals surface area contributed by atoms with Crippen molar-refractivity contribution in [1.29, 1.82) is 0 Å². The van der Waals surface area contributed by atoms with Crippen molar-refractivity contribution in [2.75, 3.05) is 13.1 Å². The van der Waals surface area contributed by atoms with Crippen LogP contribution in [0.25, 0.3) is 0 Å². The van der Waals surface area contributed by atoms with E-state index in [1.165, 1.54) is 12.1 Å². The molecule has 1 nitrogen and oxygen atoms in total. The smallest absolute Gasteiger partial charge is 0.317 e. The molecular weight excluding hydrogens is 239 g/mol. The Kier molecular flexibility index (Phi) is 5.20. The van der Waals surface area contributed by atoms with Crippen molar-refractivity contribution in [3.63, 3.8) is 0 Å². The van der Waals surface area contributed by atoms with Gasteiger partial charge in [-0.1, -0.05) is 19.9 Å². The topological polar surface area (TPSA) is 12.0 Å². The Bertz CT molecular complexity index is 385. The fourth-order valence-electron chi connectivity index (χ4n) is 2.06. The summed E-state index contributed by atoms with van der Waals surface area (Å²) in [4.78, 5) is 0. The Balaban J connectivity index is 2.79. The second kappa shape index (κ2) is 6.23. The van der Waals surface area contributed by atoms with Gasteiger partial charge in [-0.25, -0.2) is 0 Å². The minimum atomic E-state index is -4.25. The average Bonchev–Trinajstić information content (AvgIpc) is 2.27. The Hall–Kier alpha value is -1.03. The maximum Gasteiger partial charge on any atom is 0.416 e. The summed E-state index contributed by atoms with van der Waals surface area (Å²) >= 11 is 0. The van der Waals surface area contributed by atoms with Crippen LogP contribution in [0.1, 0.15) is 42.9 Å². The molecule has 0 aliphatic carbocycles. The summed E-state index contributed by atoms with van der Waals surface area (Å²) in [5.41, 5.74) is 1.15. The lowest BCUT2D eigenvalue weighted by atomic mass is 9.92. The van der Waals surface area contributed by atoms with Gasteiger partial charge in [0.1, 0.15) is 0 Å². The SMILES string of the molecule is CCNCCC(C)c1ccc(C(F)(F)F)cc1C. The van der Waals surface area contributed by atoms with Crippen molar-refractivity contribution < 1.29 is 13.2 Å². The molecule has 0 amide bonds. The monoisotopic (exact) mass is 259 g/mol. The molecule has 0 aliphatic heterocycles. The molecule has 0 bridgehead atoms. The van der Waals surface area contributed by atoms with Gasteiger partial charge in [0, 0.05) is 0 Å². The van der Waals surface area contributed by atoms with Crippen LogP contribution in [0.15, 0.2) is 18.2 Å². The number of hydrogen-bond donors (Lipinski definition) is 1. The predicted molar refractivity (Wildman–Crippen MR) is 67.8 cm³/mol. The average molecular weight is 259 g/mol. The van der Waals surface area contributed by atoms with Gasteiger partial charge < -0.3 is 5.32 Å². The molecule has 0 heterocycles. The fourth-order valence-corrected chi connectivity index (χ4v) is 2.06. The molecule has 1 aromatic rings. The number of hydrogen-bond acceptors (Lipinski definition) is 1. The van der Waals surface area contributed by atoms with Gasteiger partial charge in [-0.15, -0.1) is 0 Å². The van der Waals surface area contributed by atoms with Crippen LogP contribution in [-0.2, 0) is 6.18 Å². The molecule has 0 radical (unpaired) electrons. The molecule has 1 unspecified atom stereocenters. The first-order valence-corrected chi connectivity index (χ1v) is 6.24. The second-order valence-electron chi connectivity index (χ2n) is 4.61. The van der Waals surface area contributed by atoms with E-state index >= 15 is 0 Å².